The Kier molecular flexibility index (Phi) is 1.75. The lowest BCUT2D eigenvalue weighted by Crippen LogP contribution is -2.38. The van der Waals surface area contributed by atoms with Gasteiger partial charge in [0.05, 0.1) is 0 Å². The highest BCUT2D eigenvalue weighted by Crippen LogP contribution is 2.23. The van der Waals surface area contributed by atoms with Gasteiger partial charge in [0.25, 0.3) is 5.88 Å². The zero-order valence-electron chi connectivity index (χ0n) is 5.71. The van der Waals surface area contributed by atoms with E-state index in [1.54, 1.807) is 0 Å². The van der Waals surface area contributed by atoms with Crippen LogP contribution in [0.1, 0.15) is 0 Å². The van der Waals surface area contributed by atoms with Crippen molar-refractivity contribution in [3.05, 3.63) is 23.2 Å². The Morgan fingerprint density at radius 2 is 1.50 bits per heavy atom. The van der Waals surface area contributed by atoms with Crippen LogP contribution in [0.25, 0.3) is 0 Å². The molecule has 0 spiro atoms. The minimum absolute atomic E-state index is 0.204. The van der Waals surface area contributed by atoms with Crippen molar-refractivity contribution in [2.24, 2.45) is 0 Å². The monoisotopic (exact) mass is 177 g/mol. The Labute approximate surface area is 66.3 Å². The van der Waals surface area contributed by atoms with E-state index in [1.165, 1.54) is 0 Å². The largest absolute Gasteiger partial charge is 0.505 e. The maximum absolute atomic E-state index is 8.81. The number of aliphatic hydroxyl groups is 5. The molecule has 12 heavy (non-hydrogen) atoms. The van der Waals surface area contributed by atoms with Gasteiger partial charge in [0.2, 0.25) is 17.7 Å². The third-order valence-electron chi connectivity index (χ3n) is 1.37. The van der Waals surface area contributed by atoms with Gasteiger partial charge in [-0.15, -0.1) is 0 Å². The molecule has 0 aromatic rings. The highest BCUT2D eigenvalue weighted by atomic mass is 16.6. The smallest absolute Gasteiger partial charge is 0.261 e. The number of hydrogen-bond acceptors (Lipinski definition) is 7. The van der Waals surface area contributed by atoms with Gasteiger partial charge in [0.15, 0.2) is 5.76 Å². The van der Waals surface area contributed by atoms with Crippen molar-refractivity contribution in [1.29, 1.82) is 0 Å². The standard InChI is InChI=1S/C5H7NO6/c7-1-2(8)4(10)6(12)5(11)3(1)9/h4,7-12H. The number of rotatable bonds is 0. The van der Waals surface area contributed by atoms with E-state index in [9.17, 15) is 0 Å². The molecule has 0 aromatic carbocycles. The summed E-state index contributed by atoms with van der Waals surface area (Å²) in [4.78, 5) is 0. The van der Waals surface area contributed by atoms with Crippen molar-refractivity contribution in [2.75, 3.05) is 0 Å². The van der Waals surface area contributed by atoms with Crippen LogP contribution in [0.15, 0.2) is 23.2 Å². The van der Waals surface area contributed by atoms with Gasteiger partial charge < -0.3 is 25.5 Å². The van der Waals surface area contributed by atoms with Crippen LogP contribution in [0.3, 0.4) is 0 Å². The highest BCUT2D eigenvalue weighted by molar-refractivity contribution is 5.27. The van der Waals surface area contributed by atoms with E-state index in [2.05, 4.69) is 0 Å². The van der Waals surface area contributed by atoms with Crippen molar-refractivity contribution >= 4 is 0 Å². The minimum Gasteiger partial charge on any atom is -0.505 e. The zero-order chi connectivity index (χ0) is 9.46. The van der Waals surface area contributed by atoms with Crippen LogP contribution in [-0.2, 0) is 0 Å². The summed E-state index contributed by atoms with van der Waals surface area (Å²) in [5.41, 5.74) is 0. The molecule has 1 unspecified atom stereocenters. The van der Waals surface area contributed by atoms with Crippen molar-refractivity contribution in [3.8, 4) is 0 Å². The molecule has 0 bridgehead atoms. The molecule has 0 fully saturated rings. The molecule has 7 nitrogen and oxygen atoms in total. The van der Waals surface area contributed by atoms with Crippen LogP contribution >= 0.6 is 0 Å². The summed E-state index contributed by atoms with van der Waals surface area (Å²) in [6.45, 7) is 0. The second-order valence-corrected chi connectivity index (χ2v) is 2.12. The molecular formula is C5H7NO6. The van der Waals surface area contributed by atoms with E-state index in [1.807, 2.05) is 0 Å². The lowest BCUT2D eigenvalue weighted by Gasteiger charge is -2.25. The first kappa shape index (κ1) is 8.50. The molecule has 68 valence electrons. The van der Waals surface area contributed by atoms with Crippen molar-refractivity contribution in [1.82, 2.24) is 5.06 Å². The van der Waals surface area contributed by atoms with Crippen LogP contribution in [0.4, 0.5) is 0 Å². The Bertz CT molecular complexity index is 241. The van der Waals surface area contributed by atoms with Crippen molar-refractivity contribution in [3.63, 3.8) is 0 Å². The molecule has 7 heteroatoms. The Balaban J connectivity index is 3.18. The number of hydroxylamine groups is 2. The molecule has 1 atom stereocenters. The van der Waals surface area contributed by atoms with Crippen LogP contribution in [-0.4, -0.2) is 42.0 Å². The SMILES string of the molecule is OC1=C(O)C(O)N(O)C(O)=C1O. The number of hydrogen-bond donors (Lipinski definition) is 6. The van der Waals surface area contributed by atoms with E-state index in [-0.39, 0.29) is 5.06 Å². The van der Waals surface area contributed by atoms with Gasteiger partial charge in [-0.2, -0.15) is 5.06 Å². The van der Waals surface area contributed by atoms with Crippen molar-refractivity contribution in [2.45, 2.75) is 6.23 Å². The molecule has 0 aromatic heterocycles. The van der Waals surface area contributed by atoms with Gasteiger partial charge >= 0.3 is 0 Å². The summed E-state index contributed by atoms with van der Waals surface area (Å²) in [5, 5.41) is 52.4. The molecule has 0 aliphatic carbocycles. The molecule has 1 heterocycles. The topological polar surface area (TPSA) is 125 Å². The molecule has 6 N–H and O–H groups in total. The fourth-order valence-corrected chi connectivity index (χ4v) is 0.690. The quantitative estimate of drug-likeness (QED) is 0.298. The summed E-state index contributed by atoms with van der Waals surface area (Å²) >= 11 is 0. The molecule has 1 aliphatic rings. The first-order valence-corrected chi connectivity index (χ1v) is 2.87. The highest BCUT2D eigenvalue weighted by Gasteiger charge is 2.33. The van der Waals surface area contributed by atoms with Crippen LogP contribution in [0, 0.1) is 0 Å². The van der Waals surface area contributed by atoms with Gasteiger partial charge in [-0.3, -0.25) is 5.21 Å². The van der Waals surface area contributed by atoms with Crippen molar-refractivity contribution < 1.29 is 30.7 Å². The summed E-state index contributed by atoms with van der Waals surface area (Å²) in [7, 11) is 0. The molecule has 0 saturated carbocycles. The third kappa shape index (κ3) is 0.917. The van der Waals surface area contributed by atoms with Gasteiger partial charge in [-0.05, 0) is 0 Å². The van der Waals surface area contributed by atoms with E-state index in [4.69, 9.17) is 30.7 Å². The van der Waals surface area contributed by atoms with E-state index >= 15 is 0 Å². The Morgan fingerprint density at radius 3 is 2.00 bits per heavy atom. The average Bonchev–Trinajstić information content (AvgIpc) is 2.08. The number of nitrogens with zero attached hydrogens (tertiary/aromatic N) is 1. The molecule has 0 amide bonds. The molecular weight excluding hydrogens is 170 g/mol. The molecule has 1 rings (SSSR count). The predicted molar refractivity (Wildman–Crippen MR) is 34.2 cm³/mol. The van der Waals surface area contributed by atoms with E-state index in [0.717, 1.165) is 0 Å². The second kappa shape index (κ2) is 2.47. The van der Waals surface area contributed by atoms with E-state index in [0.29, 0.717) is 0 Å². The third-order valence-corrected chi connectivity index (χ3v) is 1.37. The maximum Gasteiger partial charge on any atom is 0.261 e. The first-order chi connectivity index (χ1) is 5.46. The Morgan fingerprint density at radius 1 is 1.00 bits per heavy atom. The fraction of sp³-hybridized carbons (Fsp3) is 0.200. The molecule has 0 saturated heterocycles. The maximum atomic E-state index is 8.81. The fourth-order valence-electron chi connectivity index (χ4n) is 0.690. The summed E-state index contributed by atoms with van der Waals surface area (Å²) in [6, 6.07) is 0. The first-order valence-electron chi connectivity index (χ1n) is 2.87. The lowest BCUT2D eigenvalue weighted by atomic mass is 10.2. The number of aliphatic hydroxyl groups excluding tert-OH is 5. The normalized spacial score (nSPS) is 25.2. The van der Waals surface area contributed by atoms with Crippen LogP contribution in [0.5, 0.6) is 0 Å². The van der Waals surface area contributed by atoms with Gasteiger partial charge in [0.1, 0.15) is 0 Å². The van der Waals surface area contributed by atoms with Gasteiger partial charge in [-0.25, -0.2) is 0 Å². The predicted octanol–water partition coefficient (Wildman–Crippen LogP) is -0.378. The zero-order valence-corrected chi connectivity index (χ0v) is 5.71. The summed E-state index contributed by atoms with van der Waals surface area (Å²) in [6.07, 6.45) is -1.99. The van der Waals surface area contributed by atoms with Crippen LogP contribution < -0.4 is 0 Å². The van der Waals surface area contributed by atoms with E-state index < -0.39 is 29.4 Å². The Hall–Kier alpha value is -1.60. The lowest BCUT2D eigenvalue weighted by molar-refractivity contribution is -0.197. The molecule has 0 radical (unpaired) electrons. The van der Waals surface area contributed by atoms with Gasteiger partial charge in [0, 0.05) is 0 Å². The molecule has 1 aliphatic heterocycles. The summed E-state index contributed by atoms with van der Waals surface area (Å²) < 4.78 is 0. The van der Waals surface area contributed by atoms with Gasteiger partial charge in [-0.1, -0.05) is 0 Å². The minimum atomic E-state index is -1.99. The second-order valence-electron chi connectivity index (χ2n) is 2.12. The van der Waals surface area contributed by atoms with Crippen LogP contribution in [0.2, 0.25) is 0 Å². The summed E-state index contributed by atoms with van der Waals surface area (Å²) in [5.74, 6) is -4.38. The average molecular weight is 177 g/mol.